The number of phenolic OH excluding ortho intramolecular Hbond substituents is 1. The van der Waals surface area contributed by atoms with E-state index in [1.54, 1.807) is 12.1 Å². The van der Waals surface area contributed by atoms with E-state index in [2.05, 4.69) is 13.8 Å². The fraction of sp³-hybridized carbons (Fsp3) is 0.333. The molecule has 0 aliphatic carbocycles. The number of rotatable bonds is 0. The molecular formula is C9H13NaO. The third kappa shape index (κ3) is 6.42. The van der Waals surface area contributed by atoms with Gasteiger partial charge in [0.15, 0.2) is 0 Å². The van der Waals surface area contributed by atoms with Gasteiger partial charge in [0.05, 0.1) is 0 Å². The number of hydrogen-bond donors (Lipinski definition) is 1. The summed E-state index contributed by atoms with van der Waals surface area (Å²) < 4.78 is 1.31. The second kappa shape index (κ2) is 6.71. The molecule has 1 aromatic rings. The molecule has 2 heteroatoms. The van der Waals surface area contributed by atoms with Crippen LogP contribution in [0.5, 0.6) is 5.75 Å². The maximum atomic E-state index is 8.77. The minimum absolute atomic E-state index is 0.351. The molecule has 1 nitrogen and oxygen atoms in total. The first kappa shape index (κ1) is 11.0. The van der Waals surface area contributed by atoms with E-state index in [9.17, 15) is 0 Å². The molecule has 56 valence electrons. The Hall–Kier alpha value is 0.0200. The van der Waals surface area contributed by atoms with Crippen molar-refractivity contribution in [2.24, 2.45) is 0 Å². The van der Waals surface area contributed by atoms with Crippen LogP contribution in [-0.4, -0.2) is 33.0 Å². The van der Waals surface area contributed by atoms with Crippen LogP contribution in [-0.2, 0) is 0 Å². The first-order valence-electron chi connectivity index (χ1n) is 3.96. The summed E-state index contributed by atoms with van der Waals surface area (Å²) in [5.74, 6) is 0.351. The average Bonchev–Trinajstić information content (AvgIpc) is 1.97. The van der Waals surface area contributed by atoms with Crippen LogP contribution in [0.2, 0.25) is 0 Å². The average molecular weight is 160 g/mol. The zero-order valence-electron chi connectivity index (χ0n) is 7.46. The van der Waals surface area contributed by atoms with E-state index in [1.165, 1.54) is 9.23 Å². The van der Waals surface area contributed by atoms with E-state index < -0.39 is 0 Å². The van der Waals surface area contributed by atoms with Crippen LogP contribution in [0, 0.1) is 0 Å². The third-order valence-electron chi connectivity index (χ3n) is 1.03. The summed E-state index contributed by atoms with van der Waals surface area (Å²) in [6.45, 7) is 4.25. The summed E-state index contributed by atoms with van der Waals surface area (Å²) in [6, 6.07) is 7.29. The Labute approximate surface area is 85.9 Å². The summed E-state index contributed by atoms with van der Waals surface area (Å²) in [4.78, 5) is 0. The van der Waals surface area contributed by atoms with Crippen molar-refractivity contribution in [3.05, 3.63) is 24.3 Å². The fourth-order valence-electron chi connectivity index (χ4n) is 0.545. The van der Waals surface area contributed by atoms with Gasteiger partial charge in [0.2, 0.25) is 0 Å². The van der Waals surface area contributed by atoms with Crippen molar-refractivity contribution in [1.29, 1.82) is 0 Å². The molecule has 0 aliphatic heterocycles. The van der Waals surface area contributed by atoms with Crippen molar-refractivity contribution in [3.63, 3.8) is 0 Å². The quantitative estimate of drug-likeness (QED) is 0.571. The van der Waals surface area contributed by atoms with E-state index in [1.807, 2.05) is 12.1 Å². The van der Waals surface area contributed by atoms with Crippen LogP contribution >= 0.6 is 0 Å². The third-order valence-corrected chi connectivity index (χ3v) is 1.70. The Balaban J connectivity index is 0.000000292. The Bertz CT molecular complexity index is 160. The Morgan fingerprint density at radius 1 is 1.18 bits per heavy atom. The van der Waals surface area contributed by atoms with Crippen molar-refractivity contribution in [3.8, 4) is 5.75 Å². The minimum atomic E-state index is 0.351. The van der Waals surface area contributed by atoms with Crippen LogP contribution in [0.3, 0.4) is 0 Å². The Kier molecular flexibility index (Phi) is 6.73. The Morgan fingerprint density at radius 3 is 1.82 bits per heavy atom. The molecule has 11 heavy (non-hydrogen) atoms. The van der Waals surface area contributed by atoms with Crippen LogP contribution < -0.4 is 2.81 Å². The fourth-order valence-corrected chi connectivity index (χ4v) is 0.878. The van der Waals surface area contributed by atoms with Crippen LogP contribution in [0.25, 0.3) is 0 Å². The Morgan fingerprint density at radius 2 is 1.55 bits per heavy atom. The van der Waals surface area contributed by atoms with Crippen molar-refractivity contribution in [2.45, 2.75) is 20.3 Å². The standard InChI is InChI=1S/C6H5O.C3H8.Na/c7-6-4-2-1-3-5-6;1-3-2;/h2-5,7H;3H2,1-2H3;. The summed E-state index contributed by atoms with van der Waals surface area (Å²) in [6.07, 6.45) is 1.25. The molecular weight excluding hydrogens is 147 g/mol. The maximum absolute atomic E-state index is 8.77. The van der Waals surface area contributed by atoms with Crippen LogP contribution in [0.4, 0.5) is 0 Å². The van der Waals surface area contributed by atoms with Crippen molar-refractivity contribution < 1.29 is 5.11 Å². The van der Waals surface area contributed by atoms with Gasteiger partial charge in [-0.3, -0.25) is 0 Å². The van der Waals surface area contributed by atoms with Crippen LogP contribution in [0.1, 0.15) is 20.3 Å². The van der Waals surface area contributed by atoms with E-state index >= 15 is 0 Å². The number of benzene rings is 1. The van der Waals surface area contributed by atoms with Gasteiger partial charge >= 0.3 is 65.9 Å². The molecule has 1 rings (SSSR count). The van der Waals surface area contributed by atoms with Gasteiger partial charge in [0.1, 0.15) is 0 Å². The predicted molar refractivity (Wildman–Crippen MR) is 49.5 cm³/mol. The molecule has 0 fully saturated rings. The predicted octanol–water partition coefficient (Wildman–Crippen LogP) is 1.60. The van der Waals surface area contributed by atoms with E-state index in [0.717, 1.165) is 27.9 Å². The van der Waals surface area contributed by atoms with E-state index in [-0.39, 0.29) is 0 Å². The molecule has 1 aromatic carbocycles. The molecule has 0 radical (unpaired) electrons. The van der Waals surface area contributed by atoms with Gasteiger partial charge < -0.3 is 0 Å². The first-order valence-corrected chi connectivity index (χ1v) is 4.96. The van der Waals surface area contributed by atoms with Gasteiger partial charge in [0, 0.05) is 0 Å². The monoisotopic (exact) mass is 160 g/mol. The topological polar surface area (TPSA) is 20.2 Å². The normalized spacial score (nSPS) is 8.36. The van der Waals surface area contributed by atoms with Gasteiger partial charge in [-0.15, -0.1) is 0 Å². The van der Waals surface area contributed by atoms with Crippen LogP contribution in [0.15, 0.2) is 24.3 Å². The SMILES string of the molecule is CCC.Oc1cc[c]([Na])cc1. The number of aromatic hydroxyl groups is 1. The van der Waals surface area contributed by atoms with Crippen molar-refractivity contribution in [2.75, 3.05) is 0 Å². The van der Waals surface area contributed by atoms with Gasteiger partial charge in [-0.05, 0) is 0 Å². The molecule has 0 heterocycles. The zero-order chi connectivity index (χ0) is 8.69. The van der Waals surface area contributed by atoms with Crippen molar-refractivity contribution >= 4 is 30.7 Å². The summed E-state index contributed by atoms with van der Waals surface area (Å²) in [7, 11) is 0. The number of hydrogen-bond acceptors (Lipinski definition) is 1. The molecule has 0 aromatic heterocycles. The van der Waals surface area contributed by atoms with Gasteiger partial charge in [-0.1, -0.05) is 20.3 Å². The molecule has 0 unspecified atom stereocenters. The molecule has 0 saturated carbocycles. The van der Waals surface area contributed by atoms with Crippen molar-refractivity contribution in [1.82, 2.24) is 0 Å². The summed E-state index contributed by atoms with van der Waals surface area (Å²) in [5.41, 5.74) is 0. The molecule has 0 spiro atoms. The molecule has 0 saturated heterocycles. The molecule has 0 bridgehead atoms. The first-order chi connectivity index (χ1) is 5.20. The molecule has 0 amide bonds. The molecule has 0 atom stereocenters. The molecule has 1 N–H and O–H groups in total. The van der Waals surface area contributed by atoms with E-state index in [4.69, 9.17) is 5.11 Å². The second-order valence-corrected chi connectivity index (χ2v) is 3.70. The number of phenols is 1. The van der Waals surface area contributed by atoms with Gasteiger partial charge in [-0.25, -0.2) is 0 Å². The molecule has 0 aliphatic rings. The summed E-state index contributed by atoms with van der Waals surface area (Å²) in [5, 5.41) is 8.77. The van der Waals surface area contributed by atoms with Gasteiger partial charge in [0.25, 0.3) is 0 Å². The second-order valence-electron chi connectivity index (χ2n) is 2.54. The zero-order valence-corrected chi connectivity index (χ0v) is 9.46. The summed E-state index contributed by atoms with van der Waals surface area (Å²) >= 11 is 1.06. The van der Waals surface area contributed by atoms with Gasteiger partial charge in [-0.2, -0.15) is 0 Å². The van der Waals surface area contributed by atoms with E-state index in [0.29, 0.717) is 5.75 Å².